The fourth-order valence-corrected chi connectivity index (χ4v) is 4.11. The van der Waals surface area contributed by atoms with Crippen molar-refractivity contribution in [1.29, 1.82) is 0 Å². The van der Waals surface area contributed by atoms with Gasteiger partial charge in [-0.15, -0.1) is 0 Å². The largest absolute Gasteiger partial charge is 0.322 e. The summed E-state index contributed by atoms with van der Waals surface area (Å²) in [6.45, 7) is 5.48. The number of fused-ring (bicyclic) bond motifs is 1. The van der Waals surface area contributed by atoms with Crippen molar-refractivity contribution in [3.05, 3.63) is 95.1 Å². The van der Waals surface area contributed by atoms with E-state index in [-0.39, 0.29) is 11.8 Å². The lowest BCUT2D eigenvalue weighted by Gasteiger charge is -2.23. The molecule has 3 aromatic carbocycles. The fraction of sp³-hybridized carbons (Fsp3) is 0.250. The number of benzene rings is 3. The Morgan fingerprint density at radius 3 is 2.45 bits per heavy atom. The van der Waals surface area contributed by atoms with Gasteiger partial charge < -0.3 is 10.2 Å². The molecular weight excluding hydrogens is 410 g/mol. The van der Waals surface area contributed by atoms with Crippen LogP contribution in [-0.4, -0.2) is 30.6 Å². The summed E-state index contributed by atoms with van der Waals surface area (Å²) in [6.07, 6.45) is 2.74. The maximum Gasteiger partial charge on any atom is 0.258 e. The molecular formula is C28H29N3O2. The van der Waals surface area contributed by atoms with Crippen LogP contribution in [0.25, 0.3) is 0 Å². The van der Waals surface area contributed by atoms with Gasteiger partial charge in [0, 0.05) is 41.2 Å². The standard InChI is InChI=1S/C28H29N3O2/c1-3-18-29-25-12-8-19-31(26-13-7-6-11-24(25)26)28(33)21-14-16-22(17-15-21)30-27(32)23-10-5-4-9-20(23)2/h4-7,9-11,13-17H,3,8,12,18-19H2,1-2H3,(H,30,32). The smallest absolute Gasteiger partial charge is 0.258 e. The van der Waals surface area contributed by atoms with Gasteiger partial charge in [-0.2, -0.15) is 0 Å². The first-order chi connectivity index (χ1) is 16.1. The van der Waals surface area contributed by atoms with Crippen molar-refractivity contribution in [3.8, 4) is 0 Å². The number of para-hydroxylation sites is 1. The third-order valence-corrected chi connectivity index (χ3v) is 5.85. The van der Waals surface area contributed by atoms with Gasteiger partial charge in [0.1, 0.15) is 0 Å². The molecule has 0 unspecified atom stereocenters. The zero-order chi connectivity index (χ0) is 23.2. The van der Waals surface area contributed by atoms with Crippen molar-refractivity contribution in [1.82, 2.24) is 0 Å². The van der Waals surface area contributed by atoms with Crippen LogP contribution >= 0.6 is 0 Å². The number of hydrogen-bond acceptors (Lipinski definition) is 3. The molecule has 33 heavy (non-hydrogen) atoms. The molecule has 1 heterocycles. The molecule has 1 N–H and O–H groups in total. The summed E-state index contributed by atoms with van der Waals surface area (Å²) in [5, 5.41) is 2.92. The Morgan fingerprint density at radius 2 is 1.70 bits per heavy atom. The third-order valence-electron chi connectivity index (χ3n) is 5.85. The van der Waals surface area contributed by atoms with E-state index < -0.39 is 0 Å². The molecule has 0 bridgehead atoms. The Bertz CT molecular complexity index is 1180. The van der Waals surface area contributed by atoms with Crippen molar-refractivity contribution < 1.29 is 9.59 Å². The molecule has 4 rings (SSSR count). The van der Waals surface area contributed by atoms with Gasteiger partial charge in [0.15, 0.2) is 0 Å². The lowest BCUT2D eigenvalue weighted by atomic mass is 10.0. The summed E-state index contributed by atoms with van der Waals surface area (Å²) >= 11 is 0. The average Bonchev–Trinajstić information content (AvgIpc) is 3.02. The number of carbonyl (C=O) groups is 2. The van der Waals surface area contributed by atoms with Gasteiger partial charge in [-0.25, -0.2) is 0 Å². The first kappa shape index (κ1) is 22.5. The van der Waals surface area contributed by atoms with E-state index in [2.05, 4.69) is 18.3 Å². The Morgan fingerprint density at radius 1 is 0.970 bits per heavy atom. The summed E-state index contributed by atoms with van der Waals surface area (Å²) in [7, 11) is 0. The highest BCUT2D eigenvalue weighted by Gasteiger charge is 2.24. The molecule has 2 amide bonds. The zero-order valence-electron chi connectivity index (χ0n) is 19.2. The molecule has 0 spiro atoms. The first-order valence-electron chi connectivity index (χ1n) is 11.5. The van der Waals surface area contributed by atoms with E-state index >= 15 is 0 Å². The van der Waals surface area contributed by atoms with Gasteiger partial charge in [-0.05, 0) is 68.1 Å². The minimum absolute atomic E-state index is 0.0454. The number of nitrogens with zero attached hydrogens (tertiary/aromatic N) is 2. The lowest BCUT2D eigenvalue weighted by Crippen LogP contribution is -2.31. The Hall–Kier alpha value is -3.73. The van der Waals surface area contributed by atoms with Crippen molar-refractivity contribution in [2.24, 2.45) is 4.99 Å². The third kappa shape index (κ3) is 5.03. The number of nitrogens with one attached hydrogen (secondary N) is 1. The highest BCUT2D eigenvalue weighted by Crippen LogP contribution is 2.28. The summed E-state index contributed by atoms with van der Waals surface area (Å²) < 4.78 is 0. The van der Waals surface area contributed by atoms with Crippen LogP contribution < -0.4 is 10.2 Å². The van der Waals surface area contributed by atoms with Crippen LogP contribution in [0.5, 0.6) is 0 Å². The van der Waals surface area contributed by atoms with Gasteiger partial charge in [0.25, 0.3) is 11.8 Å². The van der Waals surface area contributed by atoms with E-state index in [1.54, 1.807) is 30.3 Å². The van der Waals surface area contributed by atoms with Crippen LogP contribution in [0.4, 0.5) is 11.4 Å². The number of carbonyl (C=O) groups excluding carboxylic acids is 2. The average molecular weight is 440 g/mol. The molecule has 168 valence electrons. The van der Waals surface area contributed by atoms with Gasteiger partial charge >= 0.3 is 0 Å². The molecule has 0 fully saturated rings. The predicted octanol–water partition coefficient (Wildman–Crippen LogP) is 5.89. The molecule has 0 atom stereocenters. The van der Waals surface area contributed by atoms with Gasteiger partial charge in [-0.3, -0.25) is 14.6 Å². The van der Waals surface area contributed by atoms with Crippen molar-refractivity contribution in [2.45, 2.75) is 33.1 Å². The quantitative estimate of drug-likeness (QED) is 0.539. The van der Waals surface area contributed by atoms with Crippen LogP contribution in [0.3, 0.4) is 0 Å². The topological polar surface area (TPSA) is 61.8 Å². The van der Waals surface area contributed by atoms with E-state index in [0.29, 0.717) is 23.4 Å². The number of aliphatic imine (C=N–C) groups is 1. The summed E-state index contributed by atoms with van der Waals surface area (Å²) in [6, 6.07) is 22.6. The predicted molar refractivity (Wildman–Crippen MR) is 135 cm³/mol. The SMILES string of the molecule is CCCN=C1CCCN(C(=O)c2ccc(NC(=O)c3ccccc3C)cc2)c2ccccc21. The number of rotatable bonds is 5. The monoisotopic (exact) mass is 439 g/mol. The lowest BCUT2D eigenvalue weighted by molar-refractivity contribution is 0.0985. The number of aryl methyl sites for hydroxylation is 1. The molecule has 5 heteroatoms. The minimum Gasteiger partial charge on any atom is -0.322 e. The molecule has 0 saturated carbocycles. The van der Waals surface area contributed by atoms with Gasteiger partial charge in [-0.1, -0.05) is 43.3 Å². The summed E-state index contributed by atoms with van der Waals surface area (Å²) in [5.41, 5.74) is 5.84. The Balaban J connectivity index is 1.54. The molecule has 1 aliphatic heterocycles. The molecule has 0 aromatic heterocycles. The van der Waals surface area contributed by atoms with Crippen LogP contribution in [0, 0.1) is 6.92 Å². The number of amides is 2. The van der Waals surface area contributed by atoms with E-state index in [4.69, 9.17) is 4.99 Å². The van der Waals surface area contributed by atoms with Gasteiger partial charge in [0.05, 0.1) is 5.69 Å². The van der Waals surface area contributed by atoms with Crippen LogP contribution in [0.1, 0.15) is 58.0 Å². The molecule has 5 nitrogen and oxygen atoms in total. The second kappa shape index (κ2) is 10.3. The first-order valence-corrected chi connectivity index (χ1v) is 11.5. The fourth-order valence-electron chi connectivity index (χ4n) is 4.11. The Kier molecular flexibility index (Phi) is 6.98. The molecule has 0 radical (unpaired) electrons. The summed E-state index contributed by atoms with van der Waals surface area (Å²) in [5.74, 6) is -0.205. The maximum absolute atomic E-state index is 13.4. The minimum atomic E-state index is -0.160. The van der Waals surface area contributed by atoms with E-state index in [0.717, 1.165) is 48.3 Å². The van der Waals surface area contributed by atoms with Crippen LogP contribution in [-0.2, 0) is 0 Å². The number of hydrogen-bond donors (Lipinski definition) is 1. The second-order valence-electron chi connectivity index (χ2n) is 8.25. The van der Waals surface area contributed by atoms with E-state index in [9.17, 15) is 9.59 Å². The second-order valence-corrected chi connectivity index (χ2v) is 8.25. The van der Waals surface area contributed by atoms with Crippen molar-refractivity contribution >= 4 is 28.9 Å². The number of anilines is 2. The maximum atomic E-state index is 13.4. The highest BCUT2D eigenvalue weighted by atomic mass is 16.2. The van der Waals surface area contributed by atoms with Gasteiger partial charge in [0.2, 0.25) is 0 Å². The Labute approximate surface area is 195 Å². The zero-order valence-corrected chi connectivity index (χ0v) is 19.2. The van der Waals surface area contributed by atoms with Crippen LogP contribution in [0.15, 0.2) is 77.8 Å². The van der Waals surface area contributed by atoms with Crippen LogP contribution in [0.2, 0.25) is 0 Å². The molecule has 1 aliphatic rings. The highest BCUT2D eigenvalue weighted by molar-refractivity contribution is 6.13. The van der Waals surface area contributed by atoms with Crippen molar-refractivity contribution in [2.75, 3.05) is 23.3 Å². The summed E-state index contributed by atoms with van der Waals surface area (Å²) in [4.78, 5) is 32.6. The van der Waals surface area contributed by atoms with E-state index in [1.807, 2.05) is 48.2 Å². The molecule has 0 aliphatic carbocycles. The normalized spacial score (nSPS) is 14.5. The molecule has 3 aromatic rings. The van der Waals surface area contributed by atoms with Crippen molar-refractivity contribution in [3.63, 3.8) is 0 Å². The van der Waals surface area contributed by atoms with E-state index in [1.165, 1.54) is 0 Å². The molecule has 0 saturated heterocycles.